The van der Waals surface area contributed by atoms with E-state index in [0.717, 1.165) is 35.6 Å². The van der Waals surface area contributed by atoms with E-state index in [2.05, 4.69) is 30.4 Å². The number of rotatable bonds is 6. The molecule has 0 amide bonds. The van der Waals surface area contributed by atoms with Crippen LogP contribution in [-0.4, -0.2) is 6.54 Å². The molecule has 2 aliphatic rings. The van der Waals surface area contributed by atoms with Crippen molar-refractivity contribution in [1.82, 2.24) is 5.32 Å². The van der Waals surface area contributed by atoms with Gasteiger partial charge < -0.3 is 9.73 Å². The number of furan rings is 1. The summed E-state index contributed by atoms with van der Waals surface area (Å²) in [7, 11) is 0. The first kappa shape index (κ1) is 12.5. The van der Waals surface area contributed by atoms with E-state index in [4.69, 9.17) is 4.42 Å². The molecule has 1 aromatic carbocycles. The van der Waals surface area contributed by atoms with E-state index in [0.29, 0.717) is 6.04 Å². The summed E-state index contributed by atoms with van der Waals surface area (Å²) < 4.78 is 5.95. The Morgan fingerprint density at radius 3 is 2.50 bits per heavy atom. The Bertz CT molecular complexity index is 549. The Kier molecular flexibility index (Phi) is 3.07. The maximum absolute atomic E-state index is 5.95. The van der Waals surface area contributed by atoms with E-state index in [1.807, 2.05) is 12.1 Å². The largest absolute Gasteiger partial charge is 0.459 e. The molecule has 1 atom stereocenters. The van der Waals surface area contributed by atoms with Crippen molar-refractivity contribution in [3.8, 4) is 0 Å². The molecular weight excluding hydrogens is 246 g/mol. The fourth-order valence-electron chi connectivity index (χ4n) is 3.40. The predicted octanol–water partition coefficient (Wildman–Crippen LogP) is 4.52. The van der Waals surface area contributed by atoms with E-state index in [1.54, 1.807) is 0 Å². The normalized spacial score (nSPS) is 20.7. The smallest absolute Gasteiger partial charge is 0.134 e. The zero-order chi connectivity index (χ0) is 13.5. The van der Waals surface area contributed by atoms with Crippen molar-refractivity contribution in [2.75, 3.05) is 6.54 Å². The first-order chi connectivity index (χ1) is 9.81. The molecule has 2 saturated carbocycles. The first-order valence-electron chi connectivity index (χ1n) is 8.03. The van der Waals surface area contributed by atoms with Crippen LogP contribution in [0.5, 0.6) is 0 Å². The zero-order valence-electron chi connectivity index (χ0n) is 12.1. The minimum absolute atomic E-state index is 0.308. The molecule has 0 radical (unpaired) electrons. The zero-order valence-corrected chi connectivity index (χ0v) is 12.1. The molecule has 4 rings (SSSR count). The fraction of sp³-hybridized carbons (Fsp3) is 0.556. The fourth-order valence-corrected chi connectivity index (χ4v) is 3.40. The third-order valence-electron chi connectivity index (χ3n) is 4.99. The van der Waals surface area contributed by atoms with Gasteiger partial charge >= 0.3 is 0 Å². The Hall–Kier alpha value is -1.28. The van der Waals surface area contributed by atoms with Gasteiger partial charge in [-0.05, 0) is 69.0 Å². The summed E-state index contributed by atoms with van der Waals surface area (Å²) in [4.78, 5) is 0. The molecule has 0 saturated heterocycles. The lowest BCUT2D eigenvalue weighted by molar-refractivity contribution is 0.346. The van der Waals surface area contributed by atoms with Crippen molar-refractivity contribution in [3.05, 3.63) is 36.1 Å². The highest BCUT2D eigenvalue weighted by Crippen LogP contribution is 2.49. The molecule has 2 aliphatic carbocycles. The summed E-state index contributed by atoms with van der Waals surface area (Å²) in [6.07, 6.45) is 5.84. The number of para-hydroxylation sites is 1. The van der Waals surface area contributed by atoms with Crippen molar-refractivity contribution >= 4 is 11.0 Å². The molecule has 2 nitrogen and oxygen atoms in total. The number of benzene rings is 1. The van der Waals surface area contributed by atoms with Crippen LogP contribution in [0.3, 0.4) is 0 Å². The van der Waals surface area contributed by atoms with Crippen molar-refractivity contribution in [2.45, 2.75) is 38.6 Å². The lowest BCUT2D eigenvalue weighted by Crippen LogP contribution is -2.27. The van der Waals surface area contributed by atoms with Gasteiger partial charge in [0.25, 0.3) is 0 Å². The molecule has 1 N–H and O–H groups in total. The van der Waals surface area contributed by atoms with Crippen LogP contribution < -0.4 is 5.32 Å². The monoisotopic (exact) mass is 269 g/mol. The SMILES string of the molecule is CC(NCC(C1CC1)C1CC1)c1cc2ccccc2o1. The van der Waals surface area contributed by atoms with Crippen molar-refractivity contribution in [2.24, 2.45) is 17.8 Å². The van der Waals surface area contributed by atoms with Crippen LogP contribution in [0.4, 0.5) is 0 Å². The minimum atomic E-state index is 0.308. The highest BCUT2D eigenvalue weighted by atomic mass is 16.3. The van der Waals surface area contributed by atoms with Gasteiger partial charge in [0.1, 0.15) is 11.3 Å². The number of hydrogen-bond acceptors (Lipinski definition) is 2. The lowest BCUT2D eigenvalue weighted by atomic mass is 9.97. The Balaban J connectivity index is 1.42. The maximum atomic E-state index is 5.95. The highest BCUT2D eigenvalue weighted by Gasteiger charge is 2.41. The second kappa shape index (κ2) is 4.92. The van der Waals surface area contributed by atoms with Gasteiger partial charge in [0.15, 0.2) is 0 Å². The average molecular weight is 269 g/mol. The quantitative estimate of drug-likeness (QED) is 0.834. The van der Waals surface area contributed by atoms with Gasteiger partial charge in [0.2, 0.25) is 0 Å². The van der Waals surface area contributed by atoms with Crippen molar-refractivity contribution < 1.29 is 4.42 Å². The molecule has 2 aromatic rings. The Labute approximate surface area is 120 Å². The van der Waals surface area contributed by atoms with Gasteiger partial charge in [-0.3, -0.25) is 0 Å². The van der Waals surface area contributed by atoms with Gasteiger partial charge in [0, 0.05) is 5.39 Å². The van der Waals surface area contributed by atoms with E-state index in [-0.39, 0.29) is 0 Å². The standard InChI is InChI=1S/C18H23NO/c1-12(18-10-15-4-2-3-5-17(15)20-18)19-11-16(13-6-7-13)14-8-9-14/h2-5,10,12-14,16,19H,6-9,11H2,1H3. The van der Waals surface area contributed by atoms with Crippen LogP contribution in [0.2, 0.25) is 0 Å². The molecule has 20 heavy (non-hydrogen) atoms. The van der Waals surface area contributed by atoms with Crippen LogP contribution in [0, 0.1) is 17.8 Å². The summed E-state index contributed by atoms with van der Waals surface area (Å²) in [6, 6.07) is 10.7. The van der Waals surface area contributed by atoms with Gasteiger partial charge in [-0.1, -0.05) is 18.2 Å². The summed E-state index contributed by atoms with van der Waals surface area (Å²) in [5.41, 5.74) is 0.997. The minimum Gasteiger partial charge on any atom is -0.459 e. The molecule has 0 bridgehead atoms. The third-order valence-corrected chi connectivity index (χ3v) is 4.99. The maximum Gasteiger partial charge on any atom is 0.134 e. The summed E-state index contributed by atoms with van der Waals surface area (Å²) >= 11 is 0. The number of hydrogen-bond donors (Lipinski definition) is 1. The van der Waals surface area contributed by atoms with Crippen molar-refractivity contribution in [3.63, 3.8) is 0 Å². The van der Waals surface area contributed by atoms with Crippen LogP contribution in [0.15, 0.2) is 34.7 Å². The summed E-state index contributed by atoms with van der Waals surface area (Å²) in [6.45, 7) is 3.38. The molecule has 1 heterocycles. The highest BCUT2D eigenvalue weighted by molar-refractivity contribution is 5.77. The van der Waals surface area contributed by atoms with E-state index < -0.39 is 0 Å². The Morgan fingerprint density at radius 2 is 1.85 bits per heavy atom. The molecule has 2 heteroatoms. The second-order valence-corrected chi connectivity index (χ2v) is 6.66. The van der Waals surface area contributed by atoms with Gasteiger partial charge in [-0.25, -0.2) is 0 Å². The van der Waals surface area contributed by atoms with Crippen LogP contribution in [0.25, 0.3) is 11.0 Å². The van der Waals surface area contributed by atoms with Gasteiger partial charge in [0.05, 0.1) is 6.04 Å². The predicted molar refractivity (Wildman–Crippen MR) is 81.6 cm³/mol. The summed E-state index contributed by atoms with van der Waals surface area (Å²) in [5.74, 6) is 4.01. The van der Waals surface area contributed by atoms with Gasteiger partial charge in [-0.2, -0.15) is 0 Å². The molecular formula is C18H23NO. The van der Waals surface area contributed by atoms with E-state index in [9.17, 15) is 0 Å². The topological polar surface area (TPSA) is 25.2 Å². The number of nitrogens with one attached hydrogen (secondary N) is 1. The first-order valence-corrected chi connectivity index (χ1v) is 8.03. The van der Waals surface area contributed by atoms with Gasteiger partial charge in [-0.15, -0.1) is 0 Å². The summed E-state index contributed by atoms with van der Waals surface area (Å²) in [5, 5.41) is 4.91. The number of fused-ring (bicyclic) bond motifs is 1. The molecule has 2 fully saturated rings. The van der Waals surface area contributed by atoms with E-state index in [1.165, 1.54) is 31.1 Å². The molecule has 106 valence electrons. The second-order valence-electron chi connectivity index (χ2n) is 6.66. The van der Waals surface area contributed by atoms with Crippen molar-refractivity contribution in [1.29, 1.82) is 0 Å². The van der Waals surface area contributed by atoms with Crippen LogP contribution >= 0.6 is 0 Å². The average Bonchev–Trinajstić information content (AvgIpc) is 3.37. The van der Waals surface area contributed by atoms with E-state index >= 15 is 0 Å². The van der Waals surface area contributed by atoms with Crippen LogP contribution in [-0.2, 0) is 0 Å². The van der Waals surface area contributed by atoms with Crippen LogP contribution in [0.1, 0.15) is 44.4 Å². The molecule has 0 aliphatic heterocycles. The molecule has 1 aromatic heterocycles. The Morgan fingerprint density at radius 1 is 1.15 bits per heavy atom. The molecule has 1 unspecified atom stereocenters. The lowest BCUT2D eigenvalue weighted by Gasteiger charge is -2.19. The molecule has 0 spiro atoms. The third kappa shape index (κ3) is 2.49.